The Morgan fingerprint density at radius 3 is 2.81 bits per heavy atom. The fourth-order valence-electron chi connectivity index (χ4n) is 4.65. The zero-order valence-electron chi connectivity index (χ0n) is 22.7. The van der Waals surface area contributed by atoms with Crippen molar-refractivity contribution in [3.8, 4) is 16.9 Å². The number of fused-ring (bicyclic) bond motifs is 4. The van der Waals surface area contributed by atoms with Gasteiger partial charge in [-0.05, 0) is 60.9 Å². The van der Waals surface area contributed by atoms with Crippen LogP contribution < -0.4 is 16.0 Å². The van der Waals surface area contributed by atoms with Gasteiger partial charge in [0.2, 0.25) is 5.91 Å². The van der Waals surface area contributed by atoms with E-state index in [2.05, 4.69) is 36.0 Å². The van der Waals surface area contributed by atoms with Gasteiger partial charge < -0.3 is 15.4 Å². The molecule has 0 spiro atoms. The Bertz CT molecular complexity index is 1660. The zero-order chi connectivity index (χ0) is 29.8. The fourth-order valence-corrected chi connectivity index (χ4v) is 4.82. The van der Waals surface area contributed by atoms with Gasteiger partial charge in [-0.2, -0.15) is 0 Å². The first-order chi connectivity index (χ1) is 20.2. The van der Waals surface area contributed by atoms with Crippen LogP contribution in [-0.4, -0.2) is 45.0 Å². The largest absolute Gasteiger partial charge is 0.453 e. The van der Waals surface area contributed by atoms with Crippen LogP contribution in [0.25, 0.3) is 16.9 Å². The molecule has 4 aromatic rings. The Balaban J connectivity index is 1.46. The second-order valence-corrected chi connectivity index (χ2v) is 10.2. The second kappa shape index (κ2) is 12.4. The minimum atomic E-state index is -0.675. The van der Waals surface area contributed by atoms with Crippen molar-refractivity contribution in [2.45, 2.75) is 32.2 Å². The smallest absolute Gasteiger partial charge is 0.411 e. The average Bonchev–Trinajstić information content (AvgIpc) is 3.48. The third-order valence-corrected chi connectivity index (χ3v) is 7.25. The summed E-state index contributed by atoms with van der Waals surface area (Å²) in [5, 5.41) is 16.3. The quantitative estimate of drug-likeness (QED) is 0.283. The monoisotopic (exact) mass is 591 g/mol. The van der Waals surface area contributed by atoms with Crippen LogP contribution in [0.5, 0.6) is 0 Å². The van der Waals surface area contributed by atoms with Crippen LogP contribution in [0.3, 0.4) is 0 Å². The molecule has 0 radical (unpaired) electrons. The van der Waals surface area contributed by atoms with Gasteiger partial charge in [-0.3, -0.25) is 19.9 Å². The van der Waals surface area contributed by atoms with E-state index in [-0.39, 0.29) is 28.2 Å². The highest BCUT2D eigenvalue weighted by molar-refractivity contribution is 6.30. The summed E-state index contributed by atoms with van der Waals surface area (Å²) in [4.78, 5) is 42.6. The number of pyridine rings is 1. The molecule has 216 valence electrons. The van der Waals surface area contributed by atoms with Crippen LogP contribution in [-0.2, 0) is 9.53 Å². The standard InChI is InChI=1S/C29H27ClFN7O4/c1-16-5-3-7-21(34-28(40)24-15-38(37-36-24)25-8-4-6-20(30)26(25)31)17-11-12-32-22(13-17)19-10-9-18(33-29(41)42-2)14-23(19)35-27(16)39/h4,6,8-16,21H,3,5,7H2,1-2H3,(H,33,41)(H,34,40)(H,35,39)/t16-,21+/m1/s1. The van der Waals surface area contributed by atoms with Crippen molar-refractivity contribution in [3.63, 3.8) is 0 Å². The summed E-state index contributed by atoms with van der Waals surface area (Å²) in [6.45, 7) is 1.83. The Morgan fingerprint density at radius 2 is 2.00 bits per heavy atom. The van der Waals surface area contributed by atoms with Crippen molar-refractivity contribution in [2.75, 3.05) is 17.7 Å². The van der Waals surface area contributed by atoms with Crippen molar-refractivity contribution in [1.29, 1.82) is 0 Å². The molecule has 2 bridgehead atoms. The lowest BCUT2D eigenvalue weighted by Crippen LogP contribution is -2.29. The summed E-state index contributed by atoms with van der Waals surface area (Å²) in [5.41, 5.74) is 2.95. The number of nitrogens with one attached hydrogen (secondary N) is 3. The van der Waals surface area contributed by atoms with Crippen molar-refractivity contribution in [3.05, 3.63) is 83.0 Å². The van der Waals surface area contributed by atoms with Crippen LogP contribution in [0.4, 0.5) is 20.6 Å². The number of amides is 3. The van der Waals surface area contributed by atoms with Crippen LogP contribution >= 0.6 is 11.6 Å². The molecular weight excluding hydrogens is 565 g/mol. The SMILES string of the molecule is COC(=O)Nc1ccc2c(c1)NC(=O)[C@H](C)CCC[C@H](NC(=O)c1cn(-c3cccc(Cl)c3F)nn1)c1ccnc-2c1. The molecule has 0 saturated carbocycles. The molecule has 42 heavy (non-hydrogen) atoms. The molecule has 0 aliphatic carbocycles. The third-order valence-electron chi connectivity index (χ3n) is 6.96. The Hall–Kier alpha value is -4.84. The number of carbonyl (C=O) groups is 3. The topological polar surface area (TPSA) is 140 Å². The number of aromatic nitrogens is 4. The number of carbonyl (C=O) groups excluding carboxylic acids is 3. The van der Waals surface area contributed by atoms with E-state index in [0.717, 1.165) is 10.2 Å². The number of halogens is 2. The van der Waals surface area contributed by atoms with E-state index in [9.17, 15) is 18.8 Å². The van der Waals surface area contributed by atoms with E-state index in [1.165, 1.54) is 25.4 Å². The minimum absolute atomic E-state index is 0.00139. The number of methoxy groups -OCH3 is 1. The molecule has 0 fully saturated rings. The predicted octanol–water partition coefficient (Wildman–Crippen LogP) is 5.53. The lowest BCUT2D eigenvalue weighted by atomic mass is 9.94. The van der Waals surface area contributed by atoms with Crippen molar-refractivity contribution in [2.24, 2.45) is 5.92 Å². The van der Waals surface area contributed by atoms with Gasteiger partial charge >= 0.3 is 6.09 Å². The van der Waals surface area contributed by atoms with Gasteiger partial charge in [0.15, 0.2) is 11.5 Å². The first-order valence-corrected chi connectivity index (χ1v) is 13.5. The number of benzene rings is 2. The van der Waals surface area contributed by atoms with E-state index < -0.39 is 23.9 Å². The number of nitrogens with zero attached hydrogens (tertiary/aromatic N) is 4. The first kappa shape index (κ1) is 28.7. The highest BCUT2D eigenvalue weighted by atomic mass is 35.5. The maximum Gasteiger partial charge on any atom is 0.411 e. The highest BCUT2D eigenvalue weighted by Gasteiger charge is 2.23. The highest BCUT2D eigenvalue weighted by Crippen LogP contribution is 2.33. The average molecular weight is 592 g/mol. The van der Waals surface area contributed by atoms with Gasteiger partial charge in [-0.25, -0.2) is 13.9 Å². The normalized spacial score (nSPS) is 16.7. The summed E-state index contributed by atoms with van der Waals surface area (Å²) in [5.74, 6) is -1.69. The second-order valence-electron chi connectivity index (χ2n) is 9.82. The molecule has 3 heterocycles. The number of hydrogen-bond donors (Lipinski definition) is 3. The molecule has 5 rings (SSSR count). The van der Waals surface area contributed by atoms with E-state index >= 15 is 0 Å². The maximum absolute atomic E-state index is 14.5. The lowest BCUT2D eigenvalue weighted by molar-refractivity contribution is -0.119. The third kappa shape index (κ3) is 6.23. The molecule has 2 atom stereocenters. The van der Waals surface area contributed by atoms with Crippen molar-refractivity contribution < 1.29 is 23.5 Å². The Labute approximate surface area is 245 Å². The molecule has 1 aliphatic heterocycles. The molecule has 2 aromatic carbocycles. The number of ether oxygens (including phenoxy) is 1. The Morgan fingerprint density at radius 1 is 1.17 bits per heavy atom. The van der Waals surface area contributed by atoms with Crippen molar-refractivity contribution in [1.82, 2.24) is 25.3 Å². The summed E-state index contributed by atoms with van der Waals surface area (Å²) in [7, 11) is 1.26. The zero-order valence-corrected chi connectivity index (χ0v) is 23.5. The van der Waals surface area contributed by atoms with Gasteiger partial charge in [0.05, 0.1) is 35.8 Å². The molecule has 13 heteroatoms. The van der Waals surface area contributed by atoms with Crippen LogP contribution in [0, 0.1) is 11.7 Å². The van der Waals surface area contributed by atoms with Gasteiger partial charge in [-0.15, -0.1) is 5.10 Å². The lowest BCUT2D eigenvalue weighted by Gasteiger charge is -2.22. The van der Waals surface area contributed by atoms with Gasteiger partial charge in [0.25, 0.3) is 5.91 Å². The molecule has 3 N–H and O–H groups in total. The van der Waals surface area contributed by atoms with Crippen LogP contribution in [0.15, 0.2) is 60.9 Å². The summed E-state index contributed by atoms with van der Waals surface area (Å²) in [6, 6.07) is 12.7. The molecule has 0 unspecified atom stereocenters. The van der Waals surface area contributed by atoms with Gasteiger partial charge in [-0.1, -0.05) is 36.2 Å². The van der Waals surface area contributed by atoms with Crippen LogP contribution in [0.1, 0.15) is 48.3 Å². The van der Waals surface area contributed by atoms with Crippen LogP contribution in [0.2, 0.25) is 5.02 Å². The van der Waals surface area contributed by atoms with E-state index in [4.69, 9.17) is 11.6 Å². The number of rotatable bonds is 4. The molecule has 0 saturated heterocycles. The van der Waals surface area contributed by atoms with Gasteiger partial charge in [0, 0.05) is 23.4 Å². The first-order valence-electron chi connectivity index (χ1n) is 13.2. The Kier molecular flexibility index (Phi) is 8.43. The molecular formula is C29H27ClFN7O4. The molecule has 3 amide bonds. The molecule has 11 nitrogen and oxygen atoms in total. The number of hydrogen-bond acceptors (Lipinski definition) is 7. The van der Waals surface area contributed by atoms with E-state index in [0.29, 0.717) is 41.9 Å². The summed E-state index contributed by atoms with van der Waals surface area (Å²) < 4.78 is 20.3. The van der Waals surface area contributed by atoms with Gasteiger partial charge in [0.1, 0.15) is 5.69 Å². The molecule has 1 aliphatic rings. The van der Waals surface area contributed by atoms with Crippen molar-refractivity contribution >= 4 is 40.9 Å². The fraction of sp³-hybridized carbons (Fsp3) is 0.241. The minimum Gasteiger partial charge on any atom is -0.453 e. The summed E-state index contributed by atoms with van der Waals surface area (Å²) >= 11 is 5.89. The molecule has 2 aromatic heterocycles. The maximum atomic E-state index is 14.5. The van der Waals surface area contributed by atoms with E-state index in [1.807, 2.05) is 19.1 Å². The summed E-state index contributed by atoms with van der Waals surface area (Å²) in [6.07, 6.45) is 4.06. The van der Waals surface area contributed by atoms with E-state index in [1.54, 1.807) is 30.5 Å². The predicted molar refractivity (Wildman–Crippen MR) is 154 cm³/mol. The number of anilines is 2.